The zero-order chi connectivity index (χ0) is 20.7. The number of hydrogen-bond donors (Lipinski definition) is 0. The summed E-state index contributed by atoms with van der Waals surface area (Å²) in [6.45, 7) is 0.365. The van der Waals surface area contributed by atoms with Crippen LogP contribution in [0.4, 0.5) is 4.39 Å². The molecule has 0 spiro atoms. The molecule has 2 aromatic carbocycles. The third kappa shape index (κ3) is 3.07. The Labute approximate surface area is 171 Å². The Bertz CT molecular complexity index is 1310. The van der Waals surface area contributed by atoms with Crippen LogP contribution in [0, 0.1) is 5.82 Å². The summed E-state index contributed by atoms with van der Waals surface area (Å²) in [4.78, 5) is 31.3. The lowest BCUT2D eigenvalue weighted by Gasteiger charge is -2.17. The number of imidazole rings is 1. The smallest absolute Gasteiger partial charge is 0.320 e. The largest absolute Gasteiger partial charge is 0.337 e. The van der Waals surface area contributed by atoms with Gasteiger partial charge in [-0.1, -0.05) is 43.2 Å². The number of aromatic nitrogens is 4. The van der Waals surface area contributed by atoms with Gasteiger partial charge in [0.1, 0.15) is 5.82 Å². The van der Waals surface area contributed by atoms with Gasteiger partial charge in [0.25, 0.3) is 5.56 Å². The van der Waals surface area contributed by atoms with Crippen LogP contribution in [0.15, 0.2) is 70.5 Å². The molecule has 1 saturated carbocycles. The van der Waals surface area contributed by atoms with E-state index in [1.165, 1.54) is 21.3 Å². The van der Waals surface area contributed by atoms with Gasteiger partial charge in [0.2, 0.25) is 0 Å². The van der Waals surface area contributed by atoms with Crippen LogP contribution < -0.4 is 11.2 Å². The minimum absolute atomic E-state index is 0.0986. The number of nitrogens with zero attached hydrogens (tertiary/aromatic N) is 4. The van der Waals surface area contributed by atoms with Gasteiger partial charge in [0.15, 0.2) is 11.2 Å². The normalized spacial score (nSPS) is 14.6. The lowest BCUT2D eigenvalue weighted by atomic mass is 10.2. The molecule has 0 N–H and O–H groups in total. The molecule has 7 heteroatoms. The quantitative estimate of drug-likeness (QED) is 0.522. The Hall–Kier alpha value is -3.48. The van der Waals surface area contributed by atoms with Gasteiger partial charge in [0, 0.05) is 12.6 Å². The van der Waals surface area contributed by atoms with Gasteiger partial charge in [-0.25, -0.2) is 18.7 Å². The van der Waals surface area contributed by atoms with Gasteiger partial charge in [-0.3, -0.25) is 9.36 Å². The van der Waals surface area contributed by atoms with E-state index in [-0.39, 0.29) is 23.1 Å². The monoisotopic (exact) mass is 404 g/mol. The minimum Gasteiger partial charge on any atom is -0.320 e. The van der Waals surface area contributed by atoms with Crippen molar-refractivity contribution >= 4 is 11.2 Å². The molecule has 30 heavy (non-hydrogen) atoms. The highest BCUT2D eigenvalue weighted by Gasteiger charge is 2.26. The molecule has 0 amide bonds. The van der Waals surface area contributed by atoms with E-state index in [4.69, 9.17) is 0 Å². The lowest BCUT2D eigenvalue weighted by molar-refractivity contribution is 0.474. The number of fused-ring (bicyclic) bond motifs is 1. The van der Waals surface area contributed by atoms with E-state index in [0.29, 0.717) is 23.4 Å². The summed E-state index contributed by atoms with van der Waals surface area (Å²) in [6, 6.07) is 15.3. The Morgan fingerprint density at radius 3 is 2.37 bits per heavy atom. The highest BCUT2D eigenvalue weighted by molar-refractivity contribution is 5.72. The second-order valence-electron chi connectivity index (χ2n) is 7.74. The number of benzene rings is 2. The molecule has 4 aromatic rings. The second-order valence-corrected chi connectivity index (χ2v) is 7.74. The standard InChI is InChI=1S/C23H21FN4O2/c24-17-12-10-16(11-13-17)14-26-15-25-21-20(26)22(29)28(19-8-4-5-9-19)23(30)27(21)18-6-2-1-3-7-18/h1-3,6-7,10-13,15,19H,4-5,8-9,14H2. The number of hydrogen-bond acceptors (Lipinski definition) is 3. The predicted molar refractivity (Wildman–Crippen MR) is 113 cm³/mol. The van der Waals surface area contributed by atoms with Crippen molar-refractivity contribution in [3.05, 3.63) is 93.1 Å². The lowest BCUT2D eigenvalue weighted by Crippen LogP contribution is -2.41. The SMILES string of the molecule is O=c1c2c(ncn2Cc2ccc(F)cc2)n(-c2ccccc2)c(=O)n1C1CCCC1. The van der Waals surface area contributed by atoms with Gasteiger partial charge < -0.3 is 4.57 Å². The molecule has 0 bridgehead atoms. The second kappa shape index (κ2) is 7.40. The van der Waals surface area contributed by atoms with Gasteiger partial charge >= 0.3 is 5.69 Å². The first-order valence-corrected chi connectivity index (χ1v) is 10.2. The zero-order valence-electron chi connectivity index (χ0n) is 16.4. The average molecular weight is 404 g/mol. The molecule has 2 aromatic heterocycles. The number of rotatable bonds is 4. The first kappa shape index (κ1) is 18.5. The Morgan fingerprint density at radius 2 is 1.67 bits per heavy atom. The van der Waals surface area contributed by atoms with Crippen molar-refractivity contribution in [2.24, 2.45) is 0 Å². The average Bonchev–Trinajstić information content (AvgIpc) is 3.41. The molecular formula is C23H21FN4O2. The molecule has 1 fully saturated rings. The van der Waals surface area contributed by atoms with Crippen LogP contribution in [0.2, 0.25) is 0 Å². The summed E-state index contributed by atoms with van der Waals surface area (Å²) < 4.78 is 18.0. The van der Waals surface area contributed by atoms with Crippen molar-refractivity contribution < 1.29 is 4.39 Å². The van der Waals surface area contributed by atoms with E-state index >= 15 is 0 Å². The Kier molecular flexibility index (Phi) is 4.58. The molecule has 0 saturated heterocycles. The topological polar surface area (TPSA) is 61.8 Å². The maximum Gasteiger partial charge on any atom is 0.337 e. The molecule has 0 unspecified atom stereocenters. The first-order valence-electron chi connectivity index (χ1n) is 10.2. The summed E-state index contributed by atoms with van der Waals surface area (Å²) in [5, 5.41) is 0. The van der Waals surface area contributed by atoms with E-state index in [9.17, 15) is 14.0 Å². The van der Waals surface area contributed by atoms with Crippen molar-refractivity contribution in [3.8, 4) is 5.69 Å². The molecular weight excluding hydrogens is 383 g/mol. The maximum absolute atomic E-state index is 13.5. The summed E-state index contributed by atoms with van der Waals surface area (Å²) in [7, 11) is 0. The van der Waals surface area contributed by atoms with Gasteiger partial charge in [-0.2, -0.15) is 0 Å². The number of para-hydroxylation sites is 1. The van der Waals surface area contributed by atoms with Crippen molar-refractivity contribution in [3.63, 3.8) is 0 Å². The van der Waals surface area contributed by atoms with Crippen LogP contribution in [0.1, 0.15) is 37.3 Å². The molecule has 2 heterocycles. The summed E-state index contributed by atoms with van der Waals surface area (Å²) in [5.41, 5.74) is 1.58. The minimum atomic E-state index is -0.349. The summed E-state index contributed by atoms with van der Waals surface area (Å²) in [5.74, 6) is -0.309. The van der Waals surface area contributed by atoms with Crippen molar-refractivity contribution in [1.82, 2.24) is 18.7 Å². The molecule has 0 atom stereocenters. The zero-order valence-corrected chi connectivity index (χ0v) is 16.4. The van der Waals surface area contributed by atoms with Gasteiger partial charge in [0.05, 0.1) is 12.0 Å². The fourth-order valence-electron chi connectivity index (χ4n) is 4.35. The van der Waals surface area contributed by atoms with Crippen molar-refractivity contribution in [2.75, 3.05) is 0 Å². The van der Waals surface area contributed by atoms with E-state index in [1.54, 1.807) is 23.0 Å². The third-order valence-corrected chi connectivity index (χ3v) is 5.82. The van der Waals surface area contributed by atoms with Crippen molar-refractivity contribution in [1.29, 1.82) is 0 Å². The van der Waals surface area contributed by atoms with E-state index < -0.39 is 0 Å². The molecule has 5 rings (SSSR count). The first-order chi connectivity index (χ1) is 14.6. The van der Waals surface area contributed by atoms with E-state index in [2.05, 4.69) is 4.98 Å². The summed E-state index contributed by atoms with van der Waals surface area (Å²) >= 11 is 0. The highest BCUT2D eigenvalue weighted by atomic mass is 19.1. The van der Waals surface area contributed by atoms with Crippen LogP contribution in [-0.2, 0) is 6.54 Å². The van der Waals surface area contributed by atoms with Gasteiger partial charge in [-0.15, -0.1) is 0 Å². The highest BCUT2D eigenvalue weighted by Crippen LogP contribution is 2.28. The van der Waals surface area contributed by atoms with Gasteiger partial charge in [-0.05, 0) is 42.7 Å². The molecule has 152 valence electrons. The molecule has 6 nitrogen and oxygen atoms in total. The molecule has 1 aliphatic carbocycles. The molecule has 0 radical (unpaired) electrons. The van der Waals surface area contributed by atoms with Crippen LogP contribution in [0.3, 0.4) is 0 Å². The fraction of sp³-hybridized carbons (Fsp3) is 0.261. The van der Waals surface area contributed by atoms with Crippen LogP contribution >= 0.6 is 0 Å². The molecule has 0 aliphatic heterocycles. The fourth-order valence-corrected chi connectivity index (χ4v) is 4.35. The molecule has 1 aliphatic rings. The van der Waals surface area contributed by atoms with Crippen LogP contribution in [0.5, 0.6) is 0 Å². The Morgan fingerprint density at radius 1 is 0.967 bits per heavy atom. The maximum atomic E-state index is 13.5. The predicted octanol–water partition coefficient (Wildman–Crippen LogP) is 3.65. The summed E-state index contributed by atoms with van der Waals surface area (Å²) in [6.07, 6.45) is 5.24. The van der Waals surface area contributed by atoms with E-state index in [1.807, 2.05) is 30.3 Å². The van der Waals surface area contributed by atoms with E-state index in [0.717, 1.165) is 31.2 Å². The Balaban J connectivity index is 1.77. The third-order valence-electron chi connectivity index (χ3n) is 5.82. The van der Waals surface area contributed by atoms with Crippen molar-refractivity contribution in [2.45, 2.75) is 38.3 Å². The van der Waals surface area contributed by atoms with Crippen LogP contribution in [0.25, 0.3) is 16.9 Å². The van der Waals surface area contributed by atoms with Crippen LogP contribution in [-0.4, -0.2) is 18.7 Å². The number of halogens is 1.